The number of urea groups is 1. The normalized spacial score (nSPS) is 17.3. The maximum atomic E-state index is 12.4. The van der Waals surface area contributed by atoms with Gasteiger partial charge in [0.1, 0.15) is 0 Å². The number of carboxylic acids is 1. The van der Waals surface area contributed by atoms with Crippen LogP contribution in [0.3, 0.4) is 0 Å². The highest BCUT2D eigenvalue weighted by molar-refractivity contribution is 6.30. The van der Waals surface area contributed by atoms with Crippen LogP contribution in [0.1, 0.15) is 31.4 Å². The first-order chi connectivity index (χ1) is 11.8. The molecule has 0 fully saturated rings. The SMILES string of the molecule is COC(=O)C1=C(C)N(CCCC(=O)[O-])C(=O)N[C@@H]1c1ccc(Cl)cc1. The van der Waals surface area contributed by atoms with Crippen LogP contribution in [0.5, 0.6) is 0 Å². The van der Waals surface area contributed by atoms with Gasteiger partial charge in [-0.1, -0.05) is 23.7 Å². The summed E-state index contributed by atoms with van der Waals surface area (Å²) in [5.41, 5.74) is 1.40. The number of methoxy groups -OCH3 is 1. The Morgan fingerprint density at radius 3 is 2.52 bits per heavy atom. The molecule has 134 valence electrons. The Kier molecular flexibility index (Phi) is 6.03. The number of carboxylic acid groups (broad SMARTS) is 1. The van der Waals surface area contributed by atoms with Crippen LogP contribution in [-0.4, -0.2) is 36.5 Å². The van der Waals surface area contributed by atoms with Crippen LogP contribution in [0.4, 0.5) is 4.79 Å². The van der Waals surface area contributed by atoms with Crippen LogP contribution >= 0.6 is 11.6 Å². The Morgan fingerprint density at radius 1 is 1.32 bits per heavy atom. The molecule has 0 radical (unpaired) electrons. The molecular formula is C17H18ClN2O5-. The molecule has 0 unspecified atom stereocenters. The van der Waals surface area contributed by atoms with Gasteiger partial charge >= 0.3 is 12.0 Å². The first-order valence-electron chi connectivity index (χ1n) is 7.67. The highest BCUT2D eigenvalue weighted by Crippen LogP contribution is 2.31. The zero-order valence-corrected chi connectivity index (χ0v) is 14.6. The zero-order valence-electron chi connectivity index (χ0n) is 13.9. The smallest absolute Gasteiger partial charge is 0.337 e. The number of hydrogen-bond acceptors (Lipinski definition) is 5. The molecule has 2 rings (SSSR count). The van der Waals surface area contributed by atoms with Crippen molar-refractivity contribution < 1.29 is 24.2 Å². The van der Waals surface area contributed by atoms with Gasteiger partial charge in [-0.05, 0) is 37.5 Å². The molecule has 0 aromatic heterocycles. The monoisotopic (exact) mass is 365 g/mol. The molecular weight excluding hydrogens is 348 g/mol. The second-order valence-corrected chi connectivity index (χ2v) is 5.99. The fourth-order valence-electron chi connectivity index (χ4n) is 2.71. The second kappa shape index (κ2) is 8.02. The number of nitrogens with zero attached hydrogens (tertiary/aromatic N) is 1. The maximum absolute atomic E-state index is 12.4. The van der Waals surface area contributed by atoms with E-state index in [1.807, 2.05) is 0 Å². The Morgan fingerprint density at radius 2 is 1.96 bits per heavy atom. The van der Waals surface area contributed by atoms with Crippen molar-refractivity contribution in [2.24, 2.45) is 0 Å². The molecule has 8 heteroatoms. The molecule has 0 spiro atoms. The number of allylic oxidation sites excluding steroid dienone is 1. The number of ether oxygens (including phenoxy) is 1. The first kappa shape index (κ1) is 18.8. The van der Waals surface area contributed by atoms with Crippen LogP contribution in [0, 0.1) is 0 Å². The largest absolute Gasteiger partial charge is 0.550 e. The summed E-state index contributed by atoms with van der Waals surface area (Å²) in [6.07, 6.45) is 0.0401. The fourth-order valence-corrected chi connectivity index (χ4v) is 2.84. The second-order valence-electron chi connectivity index (χ2n) is 5.55. The summed E-state index contributed by atoms with van der Waals surface area (Å²) >= 11 is 5.89. The summed E-state index contributed by atoms with van der Waals surface area (Å²) in [5, 5.41) is 13.9. The molecule has 0 aliphatic carbocycles. The number of benzene rings is 1. The van der Waals surface area contributed by atoms with Crippen LogP contribution in [0.2, 0.25) is 5.02 Å². The first-order valence-corrected chi connectivity index (χ1v) is 8.05. The van der Waals surface area contributed by atoms with Crippen molar-refractivity contribution >= 4 is 29.6 Å². The van der Waals surface area contributed by atoms with E-state index in [0.717, 1.165) is 0 Å². The summed E-state index contributed by atoms with van der Waals surface area (Å²) in [6, 6.07) is 5.68. The molecule has 1 aromatic rings. The number of aliphatic carboxylic acids is 1. The van der Waals surface area contributed by atoms with Crippen LogP contribution in [-0.2, 0) is 14.3 Å². The van der Waals surface area contributed by atoms with Gasteiger partial charge in [0.2, 0.25) is 0 Å². The minimum atomic E-state index is -1.19. The molecule has 1 heterocycles. The van der Waals surface area contributed by atoms with Gasteiger partial charge in [-0.25, -0.2) is 9.59 Å². The number of carbonyl (C=O) groups is 3. The third kappa shape index (κ3) is 4.30. The molecule has 0 saturated heterocycles. The van der Waals surface area contributed by atoms with Crippen molar-refractivity contribution in [2.45, 2.75) is 25.8 Å². The molecule has 7 nitrogen and oxygen atoms in total. The molecule has 1 aromatic carbocycles. The Hall–Kier alpha value is -2.54. The number of halogens is 1. The fraction of sp³-hybridized carbons (Fsp3) is 0.353. The van der Waals surface area contributed by atoms with Crippen LogP contribution in [0.25, 0.3) is 0 Å². The maximum Gasteiger partial charge on any atom is 0.337 e. The average molecular weight is 366 g/mol. The lowest BCUT2D eigenvalue weighted by atomic mass is 9.95. The van der Waals surface area contributed by atoms with Gasteiger partial charge in [0.15, 0.2) is 0 Å². The standard InChI is InChI=1S/C17H19ClN2O5/c1-10-14(16(23)25-2)15(11-5-7-12(18)8-6-11)19-17(24)20(10)9-3-4-13(21)22/h5-8,15H,3-4,9H2,1-2H3,(H,19,24)(H,21,22)/p-1/t15-/m1/s1. The van der Waals surface area contributed by atoms with Gasteiger partial charge in [0.05, 0.1) is 18.7 Å². The number of carbonyl (C=O) groups excluding carboxylic acids is 3. The van der Waals surface area contributed by atoms with E-state index in [9.17, 15) is 19.5 Å². The lowest BCUT2D eigenvalue weighted by molar-refractivity contribution is -0.305. The summed E-state index contributed by atoms with van der Waals surface area (Å²) in [5.74, 6) is -1.76. The van der Waals surface area contributed by atoms with E-state index in [0.29, 0.717) is 16.3 Å². The molecule has 2 amide bonds. The van der Waals surface area contributed by atoms with Gasteiger partial charge in [-0.15, -0.1) is 0 Å². The summed E-state index contributed by atoms with van der Waals surface area (Å²) < 4.78 is 4.86. The summed E-state index contributed by atoms with van der Waals surface area (Å²) in [4.78, 5) is 36.6. The Bertz CT molecular complexity index is 714. The van der Waals surface area contributed by atoms with Crippen LogP contribution in [0.15, 0.2) is 35.5 Å². The van der Waals surface area contributed by atoms with E-state index >= 15 is 0 Å². The lowest BCUT2D eigenvalue weighted by Gasteiger charge is -2.35. The number of hydrogen-bond donors (Lipinski definition) is 1. The van der Waals surface area contributed by atoms with E-state index in [-0.39, 0.29) is 25.0 Å². The van der Waals surface area contributed by atoms with Gasteiger partial charge in [-0.2, -0.15) is 0 Å². The molecule has 1 atom stereocenters. The quantitative estimate of drug-likeness (QED) is 0.768. The predicted molar refractivity (Wildman–Crippen MR) is 88.4 cm³/mol. The van der Waals surface area contributed by atoms with E-state index in [4.69, 9.17) is 16.3 Å². The van der Waals surface area contributed by atoms with Crippen molar-refractivity contribution in [3.63, 3.8) is 0 Å². The van der Waals surface area contributed by atoms with Crippen molar-refractivity contribution in [1.29, 1.82) is 0 Å². The molecule has 0 saturated carbocycles. The van der Waals surface area contributed by atoms with E-state index in [1.54, 1.807) is 31.2 Å². The van der Waals surface area contributed by atoms with Gasteiger partial charge in [-0.3, -0.25) is 4.90 Å². The number of rotatable bonds is 6. The molecule has 1 aliphatic heterocycles. The van der Waals surface area contributed by atoms with Gasteiger partial charge in [0, 0.05) is 23.2 Å². The molecule has 1 aliphatic rings. The van der Waals surface area contributed by atoms with E-state index < -0.39 is 24.0 Å². The Labute approximate surface area is 150 Å². The van der Waals surface area contributed by atoms with Crippen molar-refractivity contribution in [1.82, 2.24) is 10.2 Å². The highest BCUT2D eigenvalue weighted by atomic mass is 35.5. The summed E-state index contributed by atoms with van der Waals surface area (Å²) in [6.45, 7) is 1.78. The predicted octanol–water partition coefficient (Wildman–Crippen LogP) is 1.38. The van der Waals surface area contributed by atoms with Crippen molar-refractivity contribution in [3.05, 3.63) is 46.1 Å². The van der Waals surface area contributed by atoms with Gasteiger partial charge in [0.25, 0.3) is 0 Å². The van der Waals surface area contributed by atoms with Crippen molar-refractivity contribution in [2.75, 3.05) is 13.7 Å². The molecule has 0 bridgehead atoms. The third-order valence-electron chi connectivity index (χ3n) is 3.97. The number of esters is 1. The van der Waals surface area contributed by atoms with Crippen LogP contribution < -0.4 is 10.4 Å². The molecule has 1 N–H and O–H groups in total. The zero-order chi connectivity index (χ0) is 18.6. The van der Waals surface area contributed by atoms with Crippen molar-refractivity contribution in [3.8, 4) is 0 Å². The Balaban J connectivity index is 2.37. The minimum Gasteiger partial charge on any atom is -0.550 e. The highest BCUT2D eigenvalue weighted by Gasteiger charge is 2.35. The lowest BCUT2D eigenvalue weighted by Crippen LogP contribution is -2.48. The topological polar surface area (TPSA) is 98.8 Å². The minimum absolute atomic E-state index is 0.152. The number of nitrogens with one attached hydrogen (secondary N) is 1. The van der Waals surface area contributed by atoms with E-state index in [2.05, 4.69) is 5.32 Å². The van der Waals surface area contributed by atoms with E-state index in [1.165, 1.54) is 12.0 Å². The number of amides is 2. The molecule has 25 heavy (non-hydrogen) atoms. The van der Waals surface area contributed by atoms with Gasteiger partial charge < -0.3 is 20.0 Å². The average Bonchev–Trinajstić information content (AvgIpc) is 2.57. The summed E-state index contributed by atoms with van der Waals surface area (Å²) in [7, 11) is 1.26. The third-order valence-corrected chi connectivity index (χ3v) is 4.22.